The lowest BCUT2D eigenvalue weighted by Crippen LogP contribution is -2.10. The summed E-state index contributed by atoms with van der Waals surface area (Å²) >= 11 is 2.88. The second kappa shape index (κ2) is 5.18. The van der Waals surface area contributed by atoms with Crippen molar-refractivity contribution >= 4 is 29.0 Å². The molecule has 1 aromatic rings. The molecule has 0 aromatic carbocycles. The number of thioether (sulfide) groups is 1. The third-order valence-electron chi connectivity index (χ3n) is 1.34. The van der Waals surface area contributed by atoms with Crippen molar-refractivity contribution in [2.24, 2.45) is 5.73 Å². The van der Waals surface area contributed by atoms with Gasteiger partial charge in [-0.15, -0.1) is 10.2 Å². The molecule has 0 atom stereocenters. The summed E-state index contributed by atoms with van der Waals surface area (Å²) in [5, 5.41) is 7.80. The number of hydrogen-bond donors (Lipinski definition) is 1. The van der Waals surface area contributed by atoms with Crippen molar-refractivity contribution < 1.29 is 4.79 Å². The van der Waals surface area contributed by atoms with Crippen molar-refractivity contribution in [1.29, 1.82) is 0 Å². The van der Waals surface area contributed by atoms with Crippen molar-refractivity contribution in [3.05, 3.63) is 5.01 Å². The fourth-order valence-corrected chi connectivity index (χ4v) is 2.53. The zero-order valence-corrected chi connectivity index (χ0v) is 8.95. The van der Waals surface area contributed by atoms with Gasteiger partial charge in [0.1, 0.15) is 0 Å². The van der Waals surface area contributed by atoms with E-state index in [0.717, 1.165) is 22.9 Å². The summed E-state index contributed by atoms with van der Waals surface area (Å²) in [6, 6.07) is 0. The zero-order chi connectivity index (χ0) is 9.68. The first-order chi connectivity index (χ1) is 6.24. The van der Waals surface area contributed by atoms with Gasteiger partial charge in [0.05, 0.1) is 0 Å². The molecule has 2 N–H and O–H groups in total. The highest BCUT2D eigenvalue weighted by Gasteiger charge is 2.08. The quantitative estimate of drug-likeness (QED) is 0.600. The maximum absolute atomic E-state index is 10.7. The Balaban J connectivity index is 2.44. The molecule has 0 radical (unpaired) electrons. The molecule has 1 amide bonds. The van der Waals surface area contributed by atoms with Crippen molar-refractivity contribution in [1.82, 2.24) is 10.2 Å². The predicted molar refractivity (Wildman–Crippen MR) is 54.1 cm³/mol. The van der Waals surface area contributed by atoms with Crippen LogP contribution in [0, 0.1) is 0 Å². The van der Waals surface area contributed by atoms with E-state index in [0.29, 0.717) is 5.01 Å². The first-order valence-electron chi connectivity index (χ1n) is 4.00. The van der Waals surface area contributed by atoms with Crippen LogP contribution in [0.3, 0.4) is 0 Å². The first-order valence-corrected chi connectivity index (χ1v) is 5.80. The summed E-state index contributed by atoms with van der Waals surface area (Å²) in [6.07, 6.45) is 2.31. The van der Waals surface area contributed by atoms with Crippen molar-refractivity contribution in [2.45, 2.75) is 24.1 Å². The fraction of sp³-hybridized carbons (Fsp3) is 0.571. The molecule has 0 spiro atoms. The number of carbonyl (C=O) groups is 1. The molecular formula is C7H11N3OS2. The van der Waals surface area contributed by atoms with Crippen LogP contribution in [-0.2, 0) is 0 Å². The number of aromatic nitrogens is 2. The summed E-state index contributed by atoms with van der Waals surface area (Å²) in [5.74, 6) is 0.518. The normalized spacial score (nSPS) is 10.2. The molecular weight excluding hydrogens is 206 g/mol. The third kappa shape index (κ3) is 3.31. The number of rotatable bonds is 5. The Bertz CT molecular complexity index is 287. The maximum atomic E-state index is 10.7. The molecule has 1 aromatic heterocycles. The Morgan fingerprint density at radius 1 is 1.62 bits per heavy atom. The number of primary amides is 1. The van der Waals surface area contributed by atoms with Crippen LogP contribution in [0.15, 0.2) is 4.34 Å². The highest BCUT2D eigenvalue weighted by Crippen LogP contribution is 2.22. The minimum Gasteiger partial charge on any atom is -0.363 e. The SMILES string of the molecule is CCCCSc1nnc(C(N)=O)s1. The molecule has 72 valence electrons. The number of carbonyl (C=O) groups excluding carboxylic acids is 1. The van der Waals surface area contributed by atoms with Crippen LogP contribution in [0.25, 0.3) is 0 Å². The van der Waals surface area contributed by atoms with Crippen LogP contribution in [0.1, 0.15) is 29.6 Å². The van der Waals surface area contributed by atoms with E-state index in [2.05, 4.69) is 17.1 Å². The van der Waals surface area contributed by atoms with Gasteiger partial charge in [0.2, 0.25) is 5.01 Å². The van der Waals surface area contributed by atoms with Gasteiger partial charge in [0, 0.05) is 5.75 Å². The second-order valence-electron chi connectivity index (χ2n) is 2.44. The number of nitrogens with zero attached hydrogens (tertiary/aromatic N) is 2. The lowest BCUT2D eigenvalue weighted by molar-refractivity contribution is 0.0999. The lowest BCUT2D eigenvalue weighted by atomic mass is 10.4. The Morgan fingerprint density at radius 3 is 2.92 bits per heavy atom. The van der Waals surface area contributed by atoms with E-state index < -0.39 is 5.91 Å². The smallest absolute Gasteiger partial charge is 0.279 e. The van der Waals surface area contributed by atoms with E-state index in [1.54, 1.807) is 11.8 Å². The van der Waals surface area contributed by atoms with Gasteiger partial charge >= 0.3 is 0 Å². The Labute approximate surface area is 84.9 Å². The van der Waals surface area contributed by atoms with Gasteiger partial charge in [-0.1, -0.05) is 36.4 Å². The van der Waals surface area contributed by atoms with E-state index >= 15 is 0 Å². The van der Waals surface area contributed by atoms with Gasteiger partial charge < -0.3 is 5.73 Å². The largest absolute Gasteiger partial charge is 0.363 e. The van der Waals surface area contributed by atoms with Gasteiger partial charge in [0.25, 0.3) is 5.91 Å². The molecule has 6 heteroatoms. The first kappa shape index (κ1) is 10.5. The highest BCUT2D eigenvalue weighted by molar-refractivity contribution is 8.01. The van der Waals surface area contributed by atoms with Gasteiger partial charge in [-0.2, -0.15) is 0 Å². The van der Waals surface area contributed by atoms with Crippen molar-refractivity contribution in [3.63, 3.8) is 0 Å². The molecule has 4 nitrogen and oxygen atoms in total. The summed E-state index contributed by atoms with van der Waals surface area (Å²) < 4.78 is 0.822. The number of hydrogen-bond acceptors (Lipinski definition) is 5. The highest BCUT2D eigenvalue weighted by atomic mass is 32.2. The standard InChI is InChI=1S/C7H11N3OS2/c1-2-3-4-12-7-10-9-6(13-7)5(8)11/h2-4H2,1H3,(H2,8,11). The topological polar surface area (TPSA) is 68.9 Å². The monoisotopic (exact) mass is 217 g/mol. The molecule has 0 saturated carbocycles. The predicted octanol–water partition coefficient (Wildman–Crippen LogP) is 1.53. The minimum atomic E-state index is -0.500. The average molecular weight is 217 g/mol. The molecule has 13 heavy (non-hydrogen) atoms. The van der Waals surface area contributed by atoms with E-state index in [4.69, 9.17) is 5.73 Å². The molecule has 0 aliphatic carbocycles. The van der Waals surface area contributed by atoms with Crippen LogP contribution in [0.4, 0.5) is 0 Å². The van der Waals surface area contributed by atoms with Gasteiger partial charge in [-0.3, -0.25) is 4.79 Å². The number of amides is 1. The Kier molecular flexibility index (Phi) is 4.17. The number of nitrogens with two attached hydrogens (primary N) is 1. The van der Waals surface area contributed by atoms with Gasteiger partial charge in [-0.05, 0) is 6.42 Å². The summed E-state index contributed by atoms with van der Waals surface area (Å²) in [4.78, 5) is 10.7. The van der Waals surface area contributed by atoms with E-state index in [9.17, 15) is 4.79 Å². The van der Waals surface area contributed by atoms with E-state index in [1.165, 1.54) is 11.3 Å². The Hall–Kier alpha value is -0.620. The molecule has 1 heterocycles. The van der Waals surface area contributed by atoms with E-state index in [1.807, 2.05) is 0 Å². The maximum Gasteiger partial charge on any atom is 0.279 e. The average Bonchev–Trinajstić information content (AvgIpc) is 2.53. The molecule has 0 aliphatic heterocycles. The zero-order valence-electron chi connectivity index (χ0n) is 7.32. The summed E-state index contributed by atoms with van der Waals surface area (Å²) in [7, 11) is 0. The van der Waals surface area contributed by atoms with Crippen molar-refractivity contribution in [3.8, 4) is 0 Å². The molecule has 0 fully saturated rings. The molecule has 0 bridgehead atoms. The molecule has 0 saturated heterocycles. The van der Waals surface area contributed by atoms with Gasteiger partial charge in [0.15, 0.2) is 4.34 Å². The van der Waals surface area contributed by atoms with Crippen LogP contribution < -0.4 is 5.73 Å². The van der Waals surface area contributed by atoms with Crippen LogP contribution in [-0.4, -0.2) is 21.9 Å². The van der Waals surface area contributed by atoms with Crippen LogP contribution in [0.2, 0.25) is 0 Å². The third-order valence-corrected chi connectivity index (χ3v) is 3.50. The van der Waals surface area contributed by atoms with Crippen molar-refractivity contribution in [2.75, 3.05) is 5.75 Å². The Morgan fingerprint density at radius 2 is 2.38 bits per heavy atom. The van der Waals surface area contributed by atoms with Crippen LogP contribution in [0.5, 0.6) is 0 Å². The summed E-state index contributed by atoms with van der Waals surface area (Å²) in [5.41, 5.74) is 5.04. The minimum absolute atomic E-state index is 0.291. The lowest BCUT2D eigenvalue weighted by Gasteiger charge is -1.91. The molecule has 0 unspecified atom stereocenters. The second-order valence-corrected chi connectivity index (χ2v) is 4.76. The van der Waals surface area contributed by atoms with E-state index in [-0.39, 0.29) is 0 Å². The fourth-order valence-electron chi connectivity index (χ4n) is 0.671. The molecule has 0 aliphatic rings. The van der Waals surface area contributed by atoms with Gasteiger partial charge in [-0.25, -0.2) is 0 Å². The van der Waals surface area contributed by atoms with Crippen LogP contribution >= 0.6 is 23.1 Å². The number of unbranched alkanes of at least 4 members (excludes halogenated alkanes) is 1. The molecule has 1 rings (SSSR count). The summed E-state index contributed by atoms with van der Waals surface area (Å²) in [6.45, 7) is 2.13.